The van der Waals surface area contributed by atoms with Crippen LogP contribution in [0.1, 0.15) is 12.5 Å². The first kappa shape index (κ1) is 23.0. The van der Waals surface area contributed by atoms with Crippen molar-refractivity contribution in [2.75, 3.05) is 18.5 Å². The molecule has 3 amide bonds. The summed E-state index contributed by atoms with van der Waals surface area (Å²) in [5.74, 6) is -0.855. The van der Waals surface area contributed by atoms with Gasteiger partial charge in [0.25, 0.3) is 11.1 Å². The van der Waals surface area contributed by atoms with E-state index in [4.69, 9.17) is 4.74 Å². The number of anilines is 1. The summed E-state index contributed by atoms with van der Waals surface area (Å²) >= 11 is 5.09. The molecule has 10 heteroatoms. The van der Waals surface area contributed by atoms with E-state index >= 15 is 0 Å². The van der Waals surface area contributed by atoms with Gasteiger partial charge in [0.15, 0.2) is 0 Å². The molecular weight excluding hydrogens is 637 g/mol. The van der Waals surface area contributed by atoms with E-state index in [1.165, 1.54) is 18.2 Å². The number of amides is 3. The molecule has 0 spiro atoms. The maximum atomic E-state index is 13.2. The van der Waals surface area contributed by atoms with Gasteiger partial charge in [-0.3, -0.25) is 19.3 Å². The molecule has 156 valence electrons. The number of ether oxygens (including phenoxy) is 1. The third-order valence-corrected chi connectivity index (χ3v) is 6.40. The molecule has 0 atom stereocenters. The molecule has 0 aromatic heterocycles. The highest BCUT2D eigenvalue weighted by Gasteiger charge is 2.36. The van der Waals surface area contributed by atoms with E-state index in [9.17, 15) is 18.8 Å². The van der Waals surface area contributed by atoms with Crippen LogP contribution in [0, 0.1) is 13.0 Å². The molecule has 6 nitrogen and oxygen atoms in total. The number of rotatable bonds is 6. The summed E-state index contributed by atoms with van der Waals surface area (Å²) < 4.78 is 20.6. The lowest BCUT2D eigenvalue weighted by atomic mass is 10.2. The maximum Gasteiger partial charge on any atom is 0.294 e. The van der Waals surface area contributed by atoms with E-state index in [0.29, 0.717) is 6.61 Å². The van der Waals surface area contributed by atoms with Gasteiger partial charge in [0.2, 0.25) is 5.91 Å². The van der Waals surface area contributed by atoms with Gasteiger partial charge < -0.3 is 10.1 Å². The topological polar surface area (TPSA) is 75.7 Å². The molecule has 1 aliphatic heterocycles. The number of hydrogen-bond donors (Lipinski definition) is 1. The van der Waals surface area contributed by atoms with E-state index in [2.05, 4.69) is 50.5 Å². The fraction of sp³-hybridized carbons (Fsp3) is 0.150. The zero-order valence-electron chi connectivity index (χ0n) is 15.6. The summed E-state index contributed by atoms with van der Waals surface area (Å²) in [6.07, 6.45) is 1.62. The number of benzene rings is 2. The van der Waals surface area contributed by atoms with Crippen LogP contribution in [0.3, 0.4) is 0 Å². The van der Waals surface area contributed by atoms with Crippen LogP contribution in [-0.4, -0.2) is 35.1 Å². The second kappa shape index (κ2) is 10.1. The van der Waals surface area contributed by atoms with E-state index in [1.54, 1.807) is 6.08 Å². The molecular formula is C20H15FI2N2O4S. The summed E-state index contributed by atoms with van der Waals surface area (Å²) in [6.45, 7) is 2.00. The van der Waals surface area contributed by atoms with E-state index < -0.39 is 29.4 Å². The van der Waals surface area contributed by atoms with Crippen LogP contribution in [0.5, 0.6) is 5.75 Å². The highest BCUT2D eigenvalue weighted by Crippen LogP contribution is 2.34. The van der Waals surface area contributed by atoms with Gasteiger partial charge >= 0.3 is 0 Å². The Kier molecular flexibility index (Phi) is 7.74. The maximum absolute atomic E-state index is 13.2. The van der Waals surface area contributed by atoms with Crippen molar-refractivity contribution in [2.45, 2.75) is 6.92 Å². The van der Waals surface area contributed by atoms with Crippen molar-refractivity contribution in [3.05, 3.63) is 59.8 Å². The van der Waals surface area contributed by atoms with Crippen molar-refractivity contribution in [3.63, 3.8) is 0 Å². The lowest BCUT2D eigenvalue weighted by molar-refractivity contribution is -0.127. The van der Waals surface area contributed by atoms with Crippen LogP contribution in [0.15, 0.2) is 41.3 Å². The Labute approximate surface area is 203 Å². The molecule has 1 heterocycles. The normalized spacial score (nSPS) is 15.1. The number of nitrogens with zero attached hydrogens (tertiary/aromatic N) is 1. The molecule has 3 rings (SSSR count). The Morgan fingerprint density at radius 3 is 2.57 bits per heavy atom. The second-order valence-corrected chi connectivity index (χ2v) is 9.39. The van der Waals surface area contributed by atoms with Gasteiger partial charge in [-0.15, -0.1) is 0 Å². The van der Waals surface area contributed by atoms with E-state index in [0.717, 1.165) is 41.2 Å². The Morgan fingerprint density at radius 2 is 1.93 bits per heavy atom. The highest BCUT2D eigenvalue weighted by atomic mass is 127. The Bertz CT molecular complexity index is 1040. The Balaban J connectivity index is 1.73. The van der Waals surface area contributed by atoms with E-state index in [1.807, 2.05) is 19.1 Å². The lowest BCUT2D eigenvalue weighted by Crippen LogP contribution is -2.36. The summed E-state index contributed by atoms with van der Waals surface area (Å²) in [5, 5.41) is 1.95. The molecule has 1 aliphatic rings. The molecule has 0 bridgehead atoms. The summed E-state index contributed by atoms with van der Waals surface area (Å²) in [5.41, 5.74) is 1.00. The highest BCUT2D eigenvalue weighted by molar-refractivity contribution is 14.1. The molecule has 2 aromatic rings. The third-order valence-electron chi connectivity index (χ3n) is 3.89. The van der Waals surface area contributed by atoms with Gasteiger partial charge in [0.1, 0.15) is 18.1 Å². The molecule has 1 fully saturated rings. The summed E-state index contributed by atoms with van der Waals surface area (Å²) in [4.78, 5) is 38.2. The van der Waals surface area contributed by atoms with Crippen LogP contribution in [0.4, 0.5) is 14.9 Å². The quantitative estimate of drug-likeness (QED) is 0.347. The number of imide groups is 1. The van der Waals surface area contributed by atoms with Crippen molar-refractivity contribution < 1.29 is 23.5 Å². The molecule has 0 aliphatic carbocycles. The standard InChI is InChI=1S/C20H15FI2N2O4S/c1-2-29-18-14(22)6-11(7-15(18)23)8-16-19(27)25(20(28)30-16)10-17(26)24-13-5-3-4-12(21)9-13/h3-9H,2,10H2,1H3,(H,24,26)/b16-8+. The monoisotopic (exact) mass is 652 g/mol. The zero-order chi connectivity index (χ0) is 21.8. The number of nitrogens with one attached hydrogen (secondary N) is 1. The van der Waals surface area contributed by atoms with Crippen LogP contribution in [0.25, 0.3) is 6.08 Å². The summed E-state index contributed by atoms with van der Waals surface area (Å²) in [7, 11) is 0. The molecule has 1 N–H and O–H groups in total. The van der Waals surface area contributed by atoms with E-state index in [-0.39, 0.29) is 10.6 Å². The first-order chi connectivity index (χ1) is 14.3. The summed E-state index contributed by atoms with van der Waals surface area (Å²) in [6, 6.07) is 9.09. The van der Waals surface area contributed by atoms with Crippen molar-refractivity contribution in [1.29, 1.82) is 0 Å². The fourth-order valence-corrected chi connectivity index (χ4v) is 5.61. The number of hydrogen-bond acceptors (Lipinski definition) is 5. The third kappa shape index (κ3) is 5.52. The number of carbonyl (C=O) groups excluding carboxylic acids is 3. The average Bonchev–Trinajstić information content (AvgIpc) is 2.92. The van der Waals surface area contributed by atoms with Crippen molar-refractivity contribution >= 4 is 85.8 Å². The van der Waals surface area contributed by atoms with Crippen molar-refractivity contribution in [1.82, 2.24) is 4.90 Å². The molecule has 30 heavy (non-hydrogen) atoms. The second-order valence-electron chi connectivity index (χ2n) is 6.07. The smallest absolute Gasteiger partial charge is 0.294 e. The molecule has 1 saturated heterocycles. The number of halogens is 3. The minimum atomic E-state index is -0.589. The predicted molar refractivity (Wildman–Crippen MR) is 131 cm³/mol. The molecule has 0 unspecified atom stereocenters. The van der Waals surface area contributed by atoms with Gasteiger partial charge in [-0.05, 0) is 106 Å². The van der Waals surface area contributed by atoms with Crippen molar-refractivity contribution in [2.24, 2.45) is 0 Å². The zero-order valence-corrected chi connectivity index (χ0v) is 20.7. The van der Waals surface area contributed by atoms with Crippen molar-refractivity contribution in [3.8, 4) is 5.75 Å². The van der Waals surface area contributed by atoms with Gasteiger partial charge in [-0.2, -0.15) is 0 Å². The van der Waals surface area contributed by atoms with Gasteiger partial charge in [0, 0.05) is 5.69 Å². The first-order valence-corrected chi connectivity index (χ1v) is 11.7. The Hall–Kier alpha value is -1.67. The van der Waals surface area contributed by atoms with Gasteiger partial charge in [-0.25, -0.2) is 4.39 Å². The largest absolute Gasteiger partial charge is 0.492 e. The molecule has 0 radical (unpaired) electrons. The van der Waals surface area contributed by atoms with Crippen LogP contribution in [0.2, 0.25) is 0 Å². The SMILES string of the molecule is CCOc1c(I)cc(/C=C2/SC(=O)N(CC(=O)Nc3cccc(F)c3)C2=O)cc1I. The van der Waals surface area contributed by atoms with Crippen LogP contribution >= 0.6 is 56.9 Å². The predicted octanol–water partition coefficient (Wildman–Crippen LogP) is 5.11. The number of thioether (sulfide) groups is 1. The van der Waals surface area contributed by atoms with Gasteiger partial charge in [-0.1, -0.05) is 6.07 Å². The Morgan fingerprint density at radius 1 is 1.23 bits per heavy atom. The minimum absolute atomic E-state index is 0.231. The molecule has 2 aromatic carbocycles. The van der Waals surface area contributed by atoms with Crippen LogP contribution in [-0.2, 0) is 9.59 Å². The van der Waals surface area contributed by atoms with Crippen LogP contribution < -0.4 is 10.1 Å². The average molecular weight is 652 g/mol. The first-order valence-electron chi connectivity index (χ1n) is 8.71. The minimum Gasteiger partial charge on any atom is -0.492 e. The van der Waals surface area contributed by atoms with Gasteiger partial charge in [0.05, 0.1) is 18.7 Å². The number of carbonyl (C=O) groups is 3. The fourth-order valence-electron chi connectivity index (χ4n) is 2.64. The lowest BCUT2D eigenvalue weighted by Gasteiger charge is -2.12. The molecule has 0 saturated carbocycles.